The Morgan fingerprint density at radius 3 is 2.61 bits per heavy atom. The fraction of sp³-hybridized carbons (Fsp3) is 0.154. The van der Waals surface area contributed by atoms with Gasteiger partial charge in [-0.25, -0.2) is 4.98 Å². The van der Waals surface area contributed by atoms with E-state index >= 15 is 0 Å². The van der Waals surface area contributed by atoms with Crippen molar-refractivity contribution >= 4 is 35.0 Å². The molecule has 0 saturated heterocycles. The molecule has 0 atom stereocenters. The van der Waals surface area contributed by atoms with Gasteiger partial charge in [0.05, 0.1) is 17.2 Å². The SMILES string of the molecule is COc1ccc(Cl)cc1CSc1ccc(Cl)cn1. The first-order valence-electron chi connectivity index (χ1n) is 5.26. The standard InChI is InChI=1S/C13H11Cl2NOS/c1-17-12-4-2-10(14)6-9(12)8-18-13-5-3-11(15)7-16-13/h2-7H,8H2,1H3. The van der Waals surface area contributed by atoms with Gasteiger partial charge in [-0.2, -0.15) is 0 Å². The van der Waals surface area contributed by atoms with Gasteiger partial charge < -0.3 is 4.74 Å². The molecular weight excluding hydrogens is 289 g/mol. The number of thioether (sulfide) groups is 1. The minimum absolute atomic E-state index is 0.639. The van der Waals surface area contributed by atoms with Crippen molar-refractivity contribution in [2.45, 2.75) is 10.8 Å². The number of pyridine rings is 1. The first-order valence-corrected chi connectivity index (χ1v) is 7.00. The zero-order chi connectivity index (χ0) is 13.0. The van der Waals surface area contributed by atoms with Crippen molar-refractivity contribution in [1.29, 1.82) is 0 Å². The Hall–Kier alpha value is -0.900. The summed E-state index contributed by atoms with van der Waals surface area (Å²) in [4.78, 5) is 4.23. The predicted molar refractivity (Wildman–Crippen MR) is 76.8 cm³/mol. The molecule has 2 nitrogen and oxygen atoms in total. The van der Waals surface area contributed by atoms with E-state index in [1.54, 1.807) is 25.1 Å². The monoisotopic (exact) mass is 299 g/mol. The molecule has 5 heteroatoms. The number of ether oxygens (including phenoxy) is 1. The largest absolute Gasteiger partial charge is 0.496 e. The molecule has 0 aliphatic carbocycles. The minimum Gasteiger partial charge on any atom is -0.496 e. The van der Waals surface area contributed by atoms with Crippen molar-refractivity contribution in [2.75, 3.05) is 7.11 Å². The van der Waals surface area contributed by atoms with Crippen molar-refractivity contribution in [3.63, 3.8) is 0 Å². The molecule has 0 N–H and O–H groups in total. The molecule has 0 unspecified atom stereocenters. The molecule has 94 valence electrons. The van der Waals surface area contributed by atoms with E-state index < -0.39 is 0 Å². The van der Waals surface area contributed by atoms with E-state index in [0.29, 0.717) is 10.0 Å². The highest BCUT2D eigenvalue weighted by Gasteiger charge is 2.05. The molecule has 0 spiro atoms. The Morgan fingerprint density at radius 2 is 1.94 bits per heavy atom. The number of aromatic nitrogens is 1. The lowest BCUT2D eigenvalue weighted by molar-refractivity contribution is 0.411. The van der Waals surface area contributed by atoms with E-state index in [2.05, 4.69) is 4.98 Å². The van der Waals surface area contributed by atoms with E-state index in [9.17, 15) is 0 Å². The Balaban J connectivity index is 2.09. The summed E-state index contributed by atoms with van der Waals surface area (Å²) in [5.41, 5.74) is 1.05. The molecule has 0 fully saturated rings. The van der Waals surface area contributed by atoms with Crippen LogP contribution < -0.4 is 4.74 Å². The second-order valence-corrected chi connectivity index (χ2v) is 5.43. The van der Waals surface area contributed by atoms with Gasteiger partial charge in [-0.05, 0) is 30.3 Å². The first kappa shape index (κ1) is 13.5. The third kappa shape index (κ3) is 3.55. The topological polar surface area (TPSA) is 22.1 Å². The maximum atomic E-state index is 5.98. The van der Waals surface area contributed by atoms with Crippen molar-refractivity contribution in [3.8, 4) is 5.75 Å². The molecule has 2 aromatic rings. The van der Waals surface area contributed by atoms with Crippen LogP contribution in [0, 0.1) is 0 Å². The van der Waals surface area contributed by atoms with Crippen LogP contribution in [0.3, 0.4) is 0 Å². The van der Waals surface area contributed by atoms with Crippen LogP contribution in [-0.2, 0) is 5.75 Å². The highest BCUT2D eigenvalue weighted by Crippen LogP contribution is 2.29. The molecule has 0 saturated carbocycles. The number of methoxy groups -OCH3 is 1. The summed E-state index contributed by atoms with van der Waals surface area (Å²) in [6, 6.07) is 9.31. The van der Waals surface area contributed by atoms with Crippen molar-refractivity contribution in [1.82, 2.24) is 4.98 Å². The summed E-state index contributed by atoms with van der Waals surface area (Å²) in [5.74, 6) is 1.58. The maximum Gasteiger partial charge on any atom is 0.123 e. The van der Waals surface area contributed by atoms with Crippen LogP contribution >= 0.6 is 35.0 Å². The molecule has 18 heavy (non-hydrogen) atoms. The van der Waals surface area contributed by atoms with Crippen LogP contribution in [0.2, 0.25) is 10.0 Å². The molecule has 1 heterocycles. The molecule has 1 aromatic carbocycles. The van der Waals surface area contributed by atoms with Gasteiger partial charge in [0.1, 0.15) is 5.75 Å². The lowest BCUT2D eigenvalue weighted by atomic mass is 10.2. The third-order valence-electron chi connectivity index (χ3n) is 2.32. The maximum absolute atomic E-state index is 5.98. The van der Waals surface area contributed by atoms with Crippen LogP contribution in [0.4, 0.5) is 0 Å². The fourth-order valence-electron chi connectivity index (χ4n) is 1.46. The predicted octanol–water partition coefficient (Wildman–Crippen LogP) is 4.69. The van der Waals surface area contributed by atoms with Crippen molar-refractivity contribution in [3.05, 3.63) is 52.1 Å². The van der Waals surface area contributed by atoms with Gasteiger partial charge in [-0.15, -0.1) is 11.8 Å². The van der Waals surface area contributed by atoms with Gasteiger partial charge in [0.25, 0.3) is 0 Å². The first-order chi connectivity index (χ1) is 8.69. The van der Waals surface area contributed by atoms with Crippen LogP contribution in [-0.4, -0.2) is 12.1 Å². The smallest absolute Gasteiger partial charge is 0.123 e. The number of hydrogen-bond donors (Lipinski definition) is 0. The lowest BCUT2D eigenvalue weighted by Crippen LogP contribution is -1.90. The van der Waals surface area contributed by atoms with E-state index in [4.69, 9.17) is 27.9 Å². The van der Waals surface area contributed by atoms with Gasteiger partial charge >= 0.3 is 0 Å². The summed E-state index contributed by atoms with van der Waals surface area (Å²) in [6.45, 7) is 0. The van der Waals surface area contributed by atoms with Gasteiger partial charge in [0.15, 0.2) is 0 Å². The van der Waals surface area contributed by atoms with Gasteiger partial charge in [-0.1, -0.05) is 23.2 Å². The van der Waals surface area contributed by atoms with Crippen LogP contribution in [0.15, 0.2) is 41.6 Å². The van der Waals surface area contributed by atoms with Gasteiger partial charge in [0, 0.05) is 22.5 Å². The second kappa shape index (κ2) is 6.32. The lowest BCUT2D eigenvalue weighted by Gasteiger charge is -2.08. The molecule has 2 rings (SSSR count). The molecule has 0 aliphatic rings. The summed E-state index contributed by atoms with van der Waals surface area (Å²) in [6.07, 6.45) is 1.64. The van der Waals surface area contributed by atoms with Crippen LogP contribution in [0.1, 0.15) is 5.56 Å². The Kier molecular flexibility index (Phi) is 4.75. The van der Waals surface area contributed by atoms with Crippen molar-refractivity contribution in [2.24, 2.45) is 0 Å². The summed E-state index contributed by atoms with van der Waals surface area (Å²) in [7, 11) is 1.65. The summed E-state index contributed by atoms with van der Waals surface area (Å²) < 4.78 is 5.29. The van der Waals surface area contributed by atoms with Gasteiger partial charge in [0.2, 0.25) is 0 Å². The van der Waals surface area contributed by atoms with Gasteiger partial charge in [-0.3, -0.25) is 0 Å². The summed E-state index contributed by atoms with van der Waals surface area (Å²) in [5, 5.41) is 2.26. The average molecular weight is 300 g/mol. The van der Waals surface area contributed by atoms with E-state index in [-0.39, 0.29) is 0 Å². The van der Waals surface area contributed by atoms with E-state index in [1.165, 1.54) is 0 Å². The number of nitrogens with zero attached hydrogens (tertiary/aromatic N) is 1. The van der Waals surface area contributed by atoms with Crippen LogP contribution in [0.25, 0.3) is 0 Å². The molecule has 0 amide bonds. The number of halogens is 2. The normalized spacial score (nSPS) is 10.4. The summed E-state index contributed by atoms with van der Waals surface area (Å²) >= 11 is 13.4. The molecular formula is C13H11Cl2NOS. The quantitative estimate of drug-likeness (QED) is 0.765. The van der Waals surface area contributed by atoms with E-state index in [1.807, 2.05) is 30.3 Å². The van der Waals surface area contributed by atoms with Crippen LogP contribution in [0.5, 0.6) is 5.75 Å². The third-order valence-corrected chi connectivity index (χ3v) is 3.77. The number of benzene rings is 1. The zero-order valence-electron chi connectivity index (χ0n) is 9.69. The van der Waals surface area contributed by atoms with E-state index in [0.717, 1.165) is 22.1 Å². The Bertz CT molecular complexity index is 531. The van der Waals surface area contributed by atoms with Crippen molar-refractivity contribution < 1.29 is 4.74 Å². The highest BCUT2D eigenvalue weighted by molar-refractivity contribution is 7.98. The molecule has 0 aliphatic heterocycles. The fourth-order valence-corrected chi connectivity index (χ4v) is 2.59. The molecule has 0 radical (unpaired) electrons. The zero-order valence-corrected chi connectivity index (χ0v) is 12.0. The number of hydrogen-bond acceptors (Lipinski definition) is 3. The Morgan fingerprint density at radius 1 is 1.17 bits per heavy atom. The minimum atomic E-state index is 0.639. The molecule has 1 aromatic heterocycles. The number of rotatable bonds is 4. The molecule has 0 bridgehead atoms. The Labute approximate surface area is 120 Å². The average Bonchev–Trinajstić information content (AvgIpc) is 2.38. The highest BCUT2D eigenvalue weighted by atomic mass is 35.5. The second-order valence-electron chi connectivity index (χ2n) is 3.56.